The van der Waals surface area contributed by atoms with Crippen molar-refractivity contribution in [2.24, 2.45) is 29.6 Å². The number of esters is 1. The molecule has 3 aliphatic rings. The summed E-state index contributed by atoms with van der Waals surface area (Å²) in [5, 5.41) is 0. The Morgan fingerprint density at radius 1 is 0.750 bits per heavy atom. The molecule has 138 valence electrons. The van der Waals surface area contributed by atoms with E-state index >= 15 is 0 Å². The number of hydrogen-bond acceptors (Lipinski definition) is 2. The minimum atomic E-state index is 0.127. The average Bonchev–Trinajstić information content (AvgIpc) is 2.58. The SMILES string of the molecule is CC1CCC(CCC2CCC(CC3CCC(C)CC3)C(=O)O2)CC1. The molecule has 1 saturated heterocycles. The lowest BCUT2D eigenvalue weighted by atomic mass is 9.77. The lowest BCUT2D eigenvalue weighted by Gasteiger charge is -2.33. The maximum atomic E-state index is 12.4. The highest BCUT2D eigenvalue weighted by Crippen LogP contribution is 2.37. The fraction of sp³-hybridized carbons (Fsp3) is 0.955. The van der Waals surface area contributed by atoms with Crippen LogP contribution >= 0.6 is 0 Å². The van der Waals surface area contributed by atoms with E-state index < -0.39 is 0 Å². The fourth-order valence-electron chi connectivity index (χ4n) is 5.25. The molecule has 0 radical (unpaired) electrons. The molecule has 0 amide bonds. The Balaban J connectivity index is 1.35. The number of ether oxygens (including phenoxy) is 1. The minimum Gasteiger partial charge on any atom is -0.462 e. The Hall–Kier alpha value is -0.530. The van der Waals surface area contributed by atoms with Gasteiger partial charge < -0.3 is 4.74 Å². The first kappa shape index (κ1) is 18.3. The molecule has 1 aliphatic heterocycles. The lowest BCUT2D eigenvalue weighted by Crippen LogP contribution is -2.33. The predicted molar refractivity (Wildman–Crippen MR) is 98.7 cm³/mol. The summed E-state index contributed by atoms with van der Waals surface area (Å²) in [5.41, 5.74) is 0. The van der Waals surface area contributed by atoms with Crippen molar-refractivity contribution in [1.82, 2.24) is 0 Å². The van der Waals surface area contributed by atoms with Crippen molar-refractivity contribution in [1.29, 1.82) is 0 Å². The summed E-state index contributed by atoms with van der Waals surface area (Å²) in [6.07, 6.45) is 16.9. The van der Waals surface area contributed by atoms with Crippen molar-refractivity contribution in [3.05, 3.63) is 0 Å². The number of hydrogen-bond donors (Lipinski definition) is 0. The van der Waals surface area contributed by atoms with Crippen LogP contribution in [-0.2, 0) is 9.53 Å². The van der Waals surface area contributed by atoms with Gasteiger partial charge in [-0.2, -0.15) is 0 Å². The Bertz CT molecular complexity index is 389. The van der Waals surface area contributed by atoms with E-state index in [0.29, 0.717) is 0 Å². The Morgan fingerprint density at radius 3 is 1.92 bits per heavy atom. The van der Waals surface area contributed by atoms with Crippen LogP contribution in [0.3, 0.4) is 0 Å². The van der Waals surface area contributed by atoms with Gasteiger partial charge in [-0.25, -0.2) is 0 Å². The molecule has 24 heavy (non-hydrogen) atoms. The smallest absolute Gasteiger partial charge is 0.309 e. The zero-order valence-corrected chi connectivity index (χ0v) is 16.0. The second kappa shape index (κ2) is 8.72. The van der Waals surface area contributed by atoms with Gasteiger partial charge in [0, 0.05) is 0 Å². The van der Waals surface area contributed by atoms with E-state index in [-0.39, 0.29) is 18.0 Å². The lowest BCUT2D eigenvalue weighted by molar-refractivity contribution is -0.161. The van der Waals surface area contributed by atoms with Crippen LogP contribution in [0.4, 0.5) is 0 Å². The fourth-order valence-corrected chi connectivity index (χ4v) is 5.25. The van der Waals surface area contributed by atoms with Crippen LogP contribution in [0.1, 0.15) is 97.3 Å². The second-order valence-electron chi connectivity index (χ2n) is 9.40. The van der Waals surface area contributed by atoms with E-state index in [4.69, 9.17) is 4.74 Å². The van der Waals surface area contributed by atoms with Gasteiger partial charge in [0.25, 0.3) is 0 Å². The first-order valence-corrected chi connectivity index (χ1v) is 10.8. The van der Waals surface area contributed by atoms with Crippen molar-refractivity contribution in [3.63, 3.8) is 0 Å². The summed E-state index contributed by atoms with van der Waals surface area (Å²) in [7, 11) is 0. The highest BCUT2D eigenvalue weighted by molar-refractivity contribution is 5.73. The molecule has 2 saturated carbocycles. The van der Waals surface area contributed by atoms with E-state index in [9.17, 15) is 4.79 Å². The summed E-state index contributed by atoms with van der Waals surface area (Å²) in [4.78, 5) is 12.4. The average molecular weight is 335 g/mol. The predicted octanol–water partition coefficient (Wildman–Crippen LogP) is 6.13. The third kappa shape index (κ3) is 5.23. The summed E-state index contributed by atoms with van der Waals surface area (Å²) in [6, 6.07) is 0. The van der Waals surface area contributed by atoms with Crippen molar-refractivity contribution in [3.8, 4) is 0 Å². The van der Waals surface area contributed by atoms with Crippen LogP contribution in [0, 0.1) is 29.6 Å². The second-order valence-corrected chi connectivity index (χ2v) is 9.40. The third-order valence-electron chi connectivity index (χ3n) is 7.24. The number of cyclic esters (lactones) is 1. The number of carbonyl (C=O) groups excluding carboxylic acids is 1. The molecule has 3 fully saturated rings. The molecule has 0 aromatic heterocycles. The summed E-state index contributed by atoms with van der Waals surface area (Å²) in [6.45, 7) is 4.74. The molecular weight excluding hydrogens is 296 g/mol. The van der Waals surface area contributed by atoms with Crippen LogP contribution in [0.5, 0.6) is 0 Å². The monoisotopic (exact) mass is 334 g/mol. The van der Waals surface area contributed by atoms with Gasteiger partial charge in [0.05, 0.1) is 5.92 Å². The van der Waals surface area contributed by atoms with Gasteiger partial charge >= 0.3 is 5.97 Å². The minimum absolute atomic E-state index is 0.127. The van der Waals surface area contributed by atoms with E-state index in [1.807, 2.05) is 0 Å². The van der Waals surface area contributed by atoms with Crippen molar-refractivity contribution in [2.45, 2.75) is 103 Å². The Kier molecular flexibility index (Phi) is 6.63. The number of rotatable bonds is 5. The first-order chi connectivity index (χ1) is 11.6. The van der Waals surface area contributed by atoms with Crippen molar-refractivity contribution < 1.29 is 9.53 Å². The van der Waals surface area contributed by atoms with Crippen LogP contribution in [0.25, 0.3) is 0 Å². The molecule has 0 N–H and O–H groups in total. The van der Waals surface area contributed by atoms with E-state index in [1.54, 1.807) is 0 Å². The van der Waals surface area contributed by atoms with Crippen molar-refractivity contribution in [2.75, 3.05) is 0 Å². The van der Waals surface area contributed by atoms with E-state index in [0.717, 1.165) is 49.4 Å². The zero-order chi connectivity index (χ0) is 16.9. The van der Waals surface area contributed by atoms with Gasteiger partial charge in [-0.1, -0.05) is 65.2 Å². The molecule has 1 heterocycles. The molecule has 2 aliphatic carbocycles. The standard InChI is InChI=1S/C22H38O2/c1-16-3-7-18(8-4-16)11-13-21-14-12-20(22(23)24-21)15-19-9-5-17(2)6-10-19/h16-21H,3-15H2,1-2H3. The van der Waals surface area contributed by atoms with E-state index in [1.165, 1.54) is 57.8 Å². The topological polar surface area (TPSA) is 26.3 Å². The summed E-state index contributed by atoms with van der Waals surface area (Å²) in [5.74, 6) is 3.82. The van der Waals surface area contributed by atoms with Gasteiger partial charge in [0.2, 0.25) is 0 Å². The molecule has 2 nitrogen and oxygen atoms in total. The highest BCUT2D eigenvalue weighted by atomic mass is 16.5. The van der Waals surface area contributed by atoms with Gasteiger partial charge in [-0.15, -0.1) is 0 Å². The molecule has 0 aromatic carbocycles. The van der Waals surface area contributed by atoms with E-state index in [2.05, 4.69) is 13.8 Å². The van der Waals surface area contributed by atoms with Crippen molar-refractivity contribution >= 4 is 5.97 Å². The molecule has 0 bridgehead atoms. The van der Waals surface area contributed by atoms with Gasteiger partial charge in [-0.3, -0.25) is 4.79 Å². The maximum absolute atomic E-state index is 12.4. The molecular formula is C22H38O2. The zero-order valence-electron chi connectivity index (χ0n) is 16.0. The quantitative estimate of drug-likeness (QED) is 0.565. The number of carbonyl (C=O) groups is 1. The van der Waals surface area contributed by atoms with Crippen LogP contribution < -0.4 is 0 Å². The third-order valence-corrected chi connectivity index (χ3v) is 7.24. The largest absolute Gasteiger partial charge is 0.462 e. The molecule has 2 heteroatoms. The van der Waals surface area contributed by atoms with Gasteiger partial charge in [0.1, 0.15) is 6.10 Å². The Labute approximate surface area is 149 Å². The first-order valence-electron chi connectivity index (χ1n) is 10.8. The van der Waals surface area contributed by atoms with Crippen LogP contribution in [-0.4, -0.2) is 12.1 Å². The molecule has 0 aromatic rings. The molecule has 2 atom stereocenters. The van der Waals surface area contributed by atoms with Crippen LogP contribution in [0.15, 0.2) is 0 Å². The Morgan fingerprint density at radius 2 is 1.33 bits per heavy atom. The van der Waals surface area contributed by atoms with Gasteiger partial charge in [0.15, 0.2) is 0 Å². The highest BCUT2D eigenvalue weighted by Gasteiger charge is 2.33. The summed E-state index contributed by atoms with van der Waals surface area (Å²) < 4.78 is 5.83. The van der Waals surface area contributed by atoms with Gasteiger partial charge in [-0.05, 0) is 55.8 Å². The molecule has 0 spiro atoms. The normalized spacial score (nSPS) is 41.0. The molecule has 2 unspecified atom stereocenters. The summed E-state index contributed by atoms with van der Waals surface area (Å²) >= 11 is 0. The van der Waals surface area contributed by atoms with Crippen LogP contribution in [0.2, 0.25) is 0 Å². The molecule has 3 rings (SSSR count). The maximum Gasteiger partial charge on any atom is 0.309 e.